The molecule has 0 spiro atoms. The Balaban J connectivity index is 2.32. The van der Waals surface area contributed by atoms with Crippen LogP contribution in [0.5, 0.6) is 0 Å². The molecule has 1 aromatic carbocycles. The fourth-order valence-electron chi connectivity index (χ4n) is 2.15. The van der Waals surface area contributed by atoms with Crippen LogP contribution in [-0.2, 0) is 20.7 Å². The number of benzene rings is 1. The Labute approximate surface area is 125 Å². The number of rotatable bonds is 5. The predicted octanol–water partition coefficient (Wildman–Crippen LogP) is 1.25. The molecule has 2 N–H and O–H groups in total. The summed E-state index contributed by atoms with van der Waals surface area (Å²) in [4.78, 5) is 14.1. The van der Waals surface area contributed by atoms with Gasteiger partial charge in [0.05, 0.1) is 31.1 Å². The van der Waals surface area contributed by atoms with Gasteiger partial charge in [-0.25, -0.2) is 9.00 Å². The quantitative estimate of drug-likeness (QED) is 0.628. The van der Waals surface area contributed by atoms with Gasteiger partial charge in [0.1, 0.15) is 0 Å². The Morgan fingerprint density at radius 1 is 1.48 bits per heavy atom. The van der Waals surface area contributed by atoms with Gasteiger partial charge in [0.2, 0.25) is 0 Å². The number of ether oxygens (including phenoxy) is 2. The van der Waals surface area contributed by atoms with Crippen LogP contribution in [0.25, 0.3) is 0 Å². The second-order valence-corrected chi connectivity index (χ2v) is 5.11. The number of nitrogens with zero attached hydrogens (tertiary/aromatic N) is 1. The summed E-state index contributed by atoms with van der Waals surface area (Å²) in [6, 6.07) is 4.92. The highest BCUT2D eigenvalue weighted by Crippen LogP contribution is 2.26. The zero-order chi connectivity index (χ0) is 15.2. The summed E-state index contributed by atoms with van der Waals surface area (Å²) >= 11 is -2.19. The molecular formula is C13H18N2O5S. The van der Waals surface area contributed by atoms with Gasteiger partial charge in [-0.1, -0.05) is 0 Å². The maximum absolute atomic E-state index is 12.1. The molecule has 1 unspecified atom stereocenters. The van der Waals surface area contributed by atoms with Gasteiger partial charge in [-0.05, 0) is 25.1 Å². The summed E-state index contributed by atoms with van der Waals surface area (Å²) in [5, 5.41) is 0. The van der Waals surface area contributed by atoms with Crippen molar-refractivity contribution in [2.45, 2.75) is 6.92 Å². The van der Waals surface area contributed by atoms with Crippen molar-refractivity contribution in [3.63, 3.8) is 0 Å². The molecule has 0 aromatic heterocycles. The summed E-state index contributed by atoms with van der Waals surface area (Å²) < 4.78 is 32.4. The van der Waals surface area contributed by atoms with E-state index < -0.39 is 17.2 Å². The highest BCUT2D eigenvalue weighted by Gasteiger charge is 2.20. The third-order valence-corrected chi connectivity index (χ3v) is 3.46. The first-order valence-corrected chi connectivity index (χ1v) is 7.74. The normalized spacial score (nSPS) is 16.4. The van der Waals surface area contributed by atoms with Gasteiger partial charge >= 0.3 is 5.97 Å². The lowest BCUT2D eigenvalue weighted by molar-refractivity contribution is 0.0526. The number of hydrogen-bond donors (Lipinski definition) is 2. The topological polar surface area (TPSA) is 88.1 Å². The van der Waals surface area contributed by atoms with Gasteiger partial charge in [-0.15, -0.1) is 0 Å². The van der Waals surface area contributed by atoms with Gasteiger partial charge < -0.3 is 14.4 Å². The molecule has 2 rings (SSSR count). The molecule has 1 aliphatic heterocycles. The number of hydrogen-bond acceptors (Lipinski definition) is 5. The number of anilines is 2. The van der Waals surface area contributed by atoms with E-state index in [-0.39, 0.29) is 6.61 Å². The minimum absolute atomic E-state index is 0.269. The van der Waals surface area contributed by atoms with Gasteiger partial charge in [0.15, 0.2) is 0 Å². The summed E-state index contributed by atoms with van der Waals surface area (Å²) in [6.07, 6.45) is 0. The molecule has 1 aliphatic rings. The smallest absolute Gasteiger partial charge is 0.340 e. The number of nitrogens with one attached hydrogen (secondary N) is 1. The fourth-order valence-corrected chi connectivity index (χ4v) is 2.48. The minimum atomic E-state index is -2.19. The monoisotopic (exact) mass is 314 g/mol. The van der Waals surface area contributed by atoms with E-state index in [1.165, 1.54) is 6.07 Å². The summed E-state index contributed by atoms with van der Waals surface area (Å²) in [7, 11) is 0. The second-order valence-electron chi connectivity index (χ2n) is 4.40. The van der Waals surface area contributed by atoms with E-state index in [4.69, 9.17) is 14.0 Å². The molecule has 0 radical (unpaired) electrons. The summed E-state index contributed by atoms with van der Waals surface area (Å²) in [6.45, 7) is 4.57. The lowest BCUT2D eigenvalue weighted by atomic mass is 10.1. The maximum atomic E-state index is 12.1. The van der Waals surface area contributed by atoms with Crippen molar-refractivity contribution in [3.05, 3.63) is 23.8 Å². The van der Waals surface area contributed by atoms with Crippen LogP contribution in [0.3, 0.4) is 0 Å². The zero-order valence-electron chi connectivity index (χ0n) is 11.7. The summed E-state index contributed by atoms with van der Waals surface area (Å²) in [5.41, 5.74) is 1.50. The van der Waals surface area contributed by atoms with Gasteiger partial charge in [-0.3, -0.25) is 9.27 Å². The lowest BCUT2D eigenvalue weighted by Crippen LogP contribution is -2.37. The molecule has 1 atom stereocenters. The van der Waals surface area contributed by atoms with Crippen LogP contribution in [0.4, 0.5) is 11.4 Å². The molecule has 0 bridgehead atoms. The van der Waals surface area contributed by atoms with Crippen molar-refractivity contribution in [1.29, 1.82) is 0 Å². The van der Waals surface area contributed by atoms with Crippen molar-refractivity contribution >= 4 is 28.6 Å². The van der Waals surface area contributed by atoms with Gasteiger partial charge in [-0.2, -0.15) is 0 Å². The first-order valence-electron chi connectivity index (χ1n) is 6.63. The van der Waals surface area contributed by atoms with Crippen LogP contribution in [-0.4, -0.2) is 47.6 Å². The van der Waals surface area contributed by atoms with E-state index in [1.807, 2.05) is 4.90 Å². The molecule has 8 heteroatoms. The molecule has 1 aromatic rings. The molecule has 1 heterocycles. The number of carbonyl (C=O) groups is 1. The first kappa shape index (κ1) is 15.7. The van der Waals surface area contributed by atoms with Crippen molar-refractivity contribution < 1.29 is 23.0 Å². The van der Waals surface area contributed by atoms with Gasteiger partial charge in [0.25, 0.3) is 11.3 Å². The molecule has 0 saturated carbocycles. The Hall–Kier alpha value is -1.64. The SMILES string of the molecule is CCOC(=O)c1cc(NS(=O)O)ccc1N1CCOCC1. The van der Waals surface area contributed by atoms with E-state index in [1.54, 1.807) is 19.1 Å². The van der Waals surface area contributed by atoms with Crippen LogP contribution in [0.2, 0.25) is 0 Å². The molecule has 116 valence electrons. The van der Waals surface area contributed by atoms with E-state index in [0.29, 0.717) is 37.6 Å². The van der Waals surface area contributed by atoms with Crippen molar-refractivity contribution in [3.8, 4) is 0 Å². The third kappa shape index (κ3) is 4.16. The van der Waals surface area contributed by atoms with Crippen molar-refractivity contribution in [2.24, 2.45) is 0 Å². The average Bonchev–Trinajstić information content (AvgIpc) is 2.48. The fraction of sp³-hybridized carbons (Fsp3) is 0.462. The first-order chi connectivity index (χ1) is 10.1. The second kappa shape index (κ2) is 7.39. The number of morpholine rings is 1. The Bertz CT molecular complexity index is 531. The van der Waals surface area contributed by atoms with Crippen LogP contribution in [0.15, 0.2) is 18.2 Å². The molecule has 0 aliphatic carbocycles. The molecule has 21 heavy (non-hydrogen) atoms. The Morgan fingerprint density at radius 3 is 2.81 bits per heavy atom. The minimum Gasteiger partial charge on any atom is -0.462 e. The molecule has 7 nitrogen and oxygen atoms in total. The van der Waals surface area contributed by atoms with Crippen LogP contribution >= 0.6 is 0 Å². The number of esters is 1. The van der Waals surface area contributed by atoms with Crippen LogP contribution in [0, 0.1) is 0 Å². The van der Waals surface area contributed by atoms with Crippen LogP contribution < -0.4 is 9.62 Å². The standard InChI is InChI=1S/C13H18N2O5S/c1-2-20-13(16)11-9-10(14-21(17)18)3-4-12(11)15-5-7-19-8-6-15/h3-4,9,14H,2,5-8H2,1H3,(H,17,18). The molecule has 1 saturated heterocycles. The van der Waals surface area contributed by atoms with Crippen molar-refractivity contribution in [2.75, 3.05) is 42.5 Å². The molecular weight excluding hydrogens is 296 g/mol. The molecule has 1 fully saturated rings. The largest absolute Gasteiger partial charge is 0.462 e. The predicted molar refractivity (Wildman–Crippen MR) is 79.8 cm³/mol. The average molecular weight is 314 g/mol. The highest BCUT2D eigenvalue weighted by molar-refractivity contribution is 7.80. The molecule has 0 amide bonds. The lowest BCUT2D eigenvalue weighted by Gasteiger charge is -2.30. The van der Waals surface area contributed by atoms with Crippen molar-refractivity contribution in [1.82, 2.24) is 0 Å². The Kier molecular flexibility index (Phi) is 5.54. The van der Waals surface area contributed by atoms with E-state index in [9.17, 15) is 9.00 Å². The van der Waals surface area contributed by atoms with Gasteiger partial charge in [0, 0.05) is 18.8 Å². The van der Waals surface area contributed by atoms with Crippen LogP contribution in [0.1, 0.15) is 17.3 Å². The Morgan fingerprint density at radius 2 is 2.19 bits per heavy atom. The van der Waals surface area contributed by atoms with E-state index in [2.05, 4.69) is 4.72 Å². The van der Waals surface area contributed by atoms with E-state index in [0.717, 1.165) is 5.69 Å². The summed E-state index contributed by atoms with van der Waals surface area (Å²) in [5.74, 6) is -0.452. The van der Waals surface area contributed by atoms with E-state index >= 15 is 0 Å². The number of carbonyl (C=O) groups excluding carboxylic acids is 1. The third-order valence-electron chi connectivity index (χ3n) is 3.05. The highest BCUT2D eigenvalue weighted by atomic mass is 32.2. The zero-order valence-corrected chi connectivity index (χ0v) is 12.5. The maximum Gasteiger partial charge on any atom is 0.340 e.